The molecular weight excluding hydrogens is 282 g/mol. The van der Waals surface area contributed by atoms with E-state index in [2.05, 4.69) is 10.1 Å². The van der Waals surface area contributed by atoms with Gasteiger partial charge in [-0.3, -0.25) is 4.79 Å². The lowest BCUT2D eigenvalue weighted by Gasteiger charge is -2.00. The summed E-state index contributed by atoms with van der Waals surface area (Å²) in [5, 5.41) is 2.90. The number of fused-ring (bicyclic) bond motifs is 1. The Kier molecular flexibility index (Phi) is 4.57. The minimum absolute atomic E-state index is 0.0962. The molecule has 0 saturated carbocycles. The van der Waals surface area contributed by atoms with Gasteiger partial charge in [0.25, 0.3) is 0 Å². The van der Waals surface area contributed by atoms with Crippen molar-refractivity contribution in [2.24, 2.45) is 0 Å². The Morgan fingerprint density at radius 1 is 1.50 bits per heavy atom. The van der Waals surface area contributed by atoms with E-state index in [1.165, 1.54) is 7.11 Å². The van der Waals surface area contributed by atoms with Crippen LogP contribution in [0.3, 0.4) is 0 Å². The number of nitrogens with one attached hydrogen (secondary N) is 1. The van der Waals surface area contributed by atoms with Gasteiger partial charge in [0.1, 0.15) is 11.3 Å². The molecule has 20 heavy (non-hydrogen) atoms. The van der Waals surface area contributed by atoms with Gasteiger partial charge >= 0.3 is 11.5 Å². The molecule has 0 atom stereocenters. The molecule has 0 unspecified atom stereocenters. The normalized spacial score (nSPS) is 10.5. The Morgan fingerprint density at radius 2 is 2.30 bits per heavy atom. The number of thioether (sulfide) groups is 1. The van der Waals surface area contributed by atoms with Crippen molar-refractivity contribution in [3.63, 3.8) is 0 Å². The van der Waals surface area contributed by atoms with E-state index in [0.29, 0.717) is 33.1 Å². The molecule has 8 heteroatoms. The molecule has 1 heterocycles. The van der Waals surface area contributed by atoms with Gasteiger partial charge < -0.3 is 9.47 Å². The largest absolute Gasteiger partial charge is 0.496 e. The summed E-state index contributed by atoms with van der Waals surface area (Å²) < 4.78 is 10.5. The molecule has 0 radical (unpaired) electrons. The number of aromatic nitrogens is 3. The van der Waals surface area contributed by atoms with E-state index in [1.807, 2.05) is 0 Å². The number of hydrogen-bond acceptors (Lipinski definition) is 6. The van der Waals surface area contributed by atoms with Crippen molar-refractivity contribution in [3.05, 3.63) is 23.1 Å². The summed E-state index contributed by atoms with van der Waals surface area (Å²) in [6, 6.07) is 4.99. The number of nitrogens with zero attached hydrogens (tertiary/aromatic N) is 2. The first kappa shape index (κ1) is 14.3. The maximum atomic E-state index is 11.9. The van der Waals surface area contributed by atoms with E-state index in [9.17, 15) is 9.70 Å². The molecule has 1 aromatic heterocycles. The highest BCUT2D eigenvalue weighted by Gasteiger charge is 2.14. The first-order valence-electron chi connectivity index (χ1n) is 5.93. The number of esters is 1. The van der Waals surface area contributed by atoms with Gasteiger partial charge in [-0.2, -0.15) is 0 Å². The van der Waals surface area contributed by atoms with E-state index in [1.54, 1.807) is 25.1 Å². The fourth-order valence-electron chi connectivity index (χ4n) is 1.56. The lowest BCUT2D eigenvalue weighted by molar-refractivity contribution is -0.541. The molecule has 1 aromatic carbocycles. The lowest BCUT2D eigenvalue weighted by atomic mass is 10.3. The van der Waals surface area contributed by atoms with Gasteiger partial charge in [-0.25, -0.2) is 4.98 Å². The third-order valence-electron chi connectivity index (χ3n) is 2.45. The van der Waals surface area contributed by atoms with E-state index in [0.717, 1.165) is 11.8 Å². The van der Waals surface area contributed by atoms with Crippen molar-refractivity contribution >= 4 is 28.8 Å². The first-order valence-corrected chi connectivity index (χ1v) is 6.91. The SMILES string of the molecule is CCOC(=O)CSc1nc2ccc(OC)cc2[n+](=O)[nH]1. The summed E-state index contributed by atoms with van der Waals surface area (Å²) in [4.78, 5) is 27.4. The number of H-pyrrole nitrogens is 1. The molecule has 0 fully saturated rings. The molecule has 0 aliphatic heterocycles. The molecule has 1 N–H and O–H groups in total. The summed E-state index contributed by atoms with van der Waals surface area (Å²) in [5.74, 6) is 0.322. The van der Waals surface area contributed by atoms with Gasteiger partial charge in [0.2, 0.25) is 5.16 Å². The van der Waals surface area contributed by atoms with Crippen LogP contribution in [-0.4, -0.2) is 35.5 Å². The number of benzene rings is 1. The molecule has 0 spiro atoms. The standard InChI is InChI=1S/C12H14N3O4S/c1-3-19-11(16)7-20-12-13-9-5-4-8(18-2)6-10(9)15(17)14-12/h4-6H,3,7H2,1-2H3,(H,13,14,17)/q+1. The zero-order valence-electron chi connectivity index (χ0n) is 11.1. The summed E-state index contributed by atoms with van der Waals surface area (Å²) >= 11 is 1.11. The zero-order chi connectivity index (χ0) is 14.5. The van der Waals surface area contributed by atoms with E-state index in [-0.39, 0.29) is 11.7 Å². The van der Waals surface area contributed by atoms with Crippen molar-refractivity contribution in [1.29, 1.82) is 0 Å². The van der Waals surface area contributed by atoms with Gasteiger partial charge in [-0.05, 0) is 19.1 Å². The number of methoxy groups -OCH3 is 1. The lowest BCUT2D eigenvalue weighted by Crippen LogP contribution is -2.22. The van der Waals surface area contributed by atoms with Gasteiger partial charge in [0.05, 0.1) is 30.4 Å². The van der Waals surface area contributed by atoms with E-state index in [4.69, 9.17) is 9.47 Å². The molecule has 0 aliphatic rings. The quantitative estimate of drug-likeness (QED) is 0.506. The predicted octanol–water partition coefficient (Wildman–Crippen LogP) is 1.14. The second kappa shape index (κ2) is 6.38. The molecule has 7 nitrogen and oxygen atoms in total. The maximum Gasteiger partial charge on any atom is 0.321 e. The van der Waals surface area contributed by atoms with Crippen LogP contribution >= 0.6 is 11.8 Å². The molecular formula is C12H14N3O4S+. The Morgan fingerprint density at radius 3 is 3.00 bits per heavy atom. The topological polar surface area (TPSA) is 87.2 Å². The van der Waals surface area contributed by atoms with Crippen LogP contribution < -0.4 is 9.28 Å². The summed E-state index contributed by atoms with van der Waals surface area (Å²) in [6.07, 6.45) is 0. The van der Waals surface area contributed by atoms with Crippen LogP contribution in [0.2, 0.25) is 0 Å². The van der Waals surface area contributed by atoms with Crippen molar-refractivity contribution in [3.8, 4) is 5.75 Å². The zero-order valence-corrected chi connectivity index (χ0v) is 11.9. The third-order valence-corrected chi connectivity index (χ3v) is 3.29. The highest BCUT2D eigenvalue weighted by Crippen LogP contribution is 2.18. The van der Waals surface area contributed by atoms with Gasteiger partial charge in [-0.15, -0.1) is 0 Å². The van der Waals surface area contributed by atoms with Crippen LogP contribution in [0.5, 0.6) is 5.75 Å². The minimum atomic E-state index is -0.347. The fraction of sp³-hybridized carbons (Fsp3) is 0.333. The first-order chi connectivity index (χ1) is 9.63. The van der Waals surface area contributed by atoms with Gasteiger partial charge in [0, 0.05) is 0 Å². The van der Waals surface area contributed by atoms with Gasteiger partial charge in [-0.1, -0.05) is 16.9 Å². The molecule has 106 valence electrons. The average Bonchev–Trinajstić information content (AvgIpc) is 2.45. The van der Waals surface area contributed by atoms with Gasteiger partial charge in [0.15, 0.2) is 4.54 Å². The second-order valence-electron chi connectivity index (χ2n) is 3.77. The highest BCUT2D eigenvalue weighted by atomic mass is 32.2. The Bertz CT molecular complexity index is 686. The molecule has 0 saturated heterocycles. The Hall–Kier alpha value is -2.09. The summed E-state index contributed by atoms with van der Waals surface area (Å²) in [7, 11) is 1.52. The summed E-state index contributed by atoms with van der Waals surface area (Å²) in [5.41, 5.74) is 0.885. The highest BCUT2D eigenvalue weighted by molar-refractivity contribution is 7.99. The molecule has 2 aromatic rings. The molecule has 0 bridgehead atoms. The Labute approximate surface area is 118 Å². The number of ether oxygens (including phenoxy) is 2. The predicted molar refractivity (Wildman–Crippen MR) is 73.4 cm³/mol. The molecule has 0 amide bonds. The van der Waals surface area contributed by atoms with Crippen LogP contribution in [0, 0.1) is 4.91 Å². The number of carbonyl (C=O) groups excluding carboxylic acids is 1. The van der Waals surface area contributed by atoms with E-state index < -0.39 is 0 Å². The van der Waals surface area contributed by atoms with E-state index >= 15 is 0 Å². The van der Waals surface area contributed by atoms with Crippen molar-refractivity contribution in [1.82, 2.24) is 10.1 Å². The number of rotatable bonds is 5. The Balaban J connectivity index is 2.24. The average molecular weight is 296 g/mol. The number of hydrogen-bond donors (Lipinski definition) is 1. The van der Waals surface area contributed by atoms with Crippen LogP contribution in [0.15, 0.2) is 23.4 Å². The maximum absolute atomic E-state index is 11.9. The minimum Gasteiger partial charge on any atom is -0.496 e. The molecule has 2 rings (SSSR count). The monoisotopic (exact) mass is 296 g/mol. The molecule has 0 aliphatic carbocycles. The smallest absolute Gasteiger partial charge is 0.321 e. The van der Waals surface area contributed by atoms with Crippen LogP contribution in [0.1, 0.15) is 6.92 Å². The van der Waals surface area contributed by atoms with Crippen LogP contribution in [-0.2, 0) is 9.53 Å². The third kappa shape index (κ3) is 3.27. The van der Waals surface area contributed by atoms with Crippen LogP contribution in [0.25, 0.3) is 11.0 Å². The number of carbonyl (C=O) groups is 1. The summed E-state index contributed by atoms with van der Waals surface area (Å²) in [6.45, 7) is 2.07. The second-order valence-corrected chi connectivity index (χ2v) is 4.74. The number of aromatic amines is 1. The van der Waals surface area contributed by atoms with Crippen molar-refractivity contribution in [2.75, 3.05) is 19.5 Å². The fourth-order valence-corrected chi connectivity index (χ4v) is 2.21. The van der Waals surface area contributed by atoms with Crippen molar-refractivity contribution in [2.45, 2.75) is 12.1 Å². The van der Waals surface area contributed by atoms with Crippen molar-refractivity contribution < 1.29 is 18.8 Å². The van der Waals surface area contributed by atoms with Crippen LogP contribution in [0.4, 0.5) is 0 Å².